The number of aromatic hydroxyl groups is 1. The summed E-state index contributed by atoms with van der Waals surface area (Å²) in [6, 6.07) is 12.7. The Morgan fingerprint density at radius 1 is 0.846 bits per heavy atom. The van der Waals surface area contributed by atoms with E-state index in [1.165, 1.54) is 5.56 Å². The van der Waals surface area contributed by atoms with Gasteiger partial charge >= 0.3 is 0 Å². The zero-order valence-corrected chi connectivity index (χ0v) is 14.2. The molecule has 0 amide bonds. The van der Waals surface area contributed by atoms with E-state index < -0.39 is 0 Å². The highest BCUT2D eigenvalue weighted by Crippen LogP contribution is 2.28. The van der Waals surface area contributed by atoms with Crippen LogP contribution in [0.3, 0.4) is 0 Å². The molecule has 4 aromatic rings. The topological polar surface area (TPSA) is 109 Å². The molecule has 0 aliphatic heterocycles. The molecule has 4 rings (SSSR count). The van der Waals surface area contributed by atoms with E-state index in [-0.39, 0.29) is 5.75 Å². The molecule has 0 aliphatic rings. The average Bonchev–Trinajstić information content (AvgIpc) is 3.06. The van der Waals surface area contributed by atoms with E-state index >= 15 is 0 Å². The Bertz CT molecular complexity index is 1070. The number of fused-ring (bicyclic) bond motifs is 1. The largest absolute Gasteiger partial charge is 0.508 e. The lowest BCUT2D eigenvalue weighted by Crippen LogP contribution is -2.04. The van der Waals surface area contributed by atoms with Gasteiger partial charge in [0.05, 0.1) is 0 Å². The first kappa shape index (κ1) is 15.8. The summed E-state index contributed by atoms with van der Waals surface area (Å²) in [7, 11) is 0. The molecule has 0 fully saturated rings. The SMILES string of the molecule is Cc1ccc(Nc2nc3nonc3nc2Nc2ccc(O)cc2)c(C)c1. The molecule has 2 aromatic carbocycles. The number of hydrogen-bond donors (Lipinski definition) is 3. The van der Waals surface area contributed by atoms with Gasteiger partial charge in [-0.15, -0.1) is 0 Å². The zero-order chi connectivity index (χ0) is 18.1. The van der Waals surface area contributed by atoms with Gasteiger partial charge in [-0.05, 0) is 60.1 Å². The summed E-state index contributed by atoms with van der Waals surface area (Å²) in [6.45, 7) is 4.06. The molecule has 2 aromatic heterocycles. The van der Waals surface area contributed by atoms with Crippen LogP contribution in [0.5, 0.6) is 5.75 Å². The van der Waals surface area contributed by atoms with Crippen LogP contribution in [-0.2, 0) is 0 Å². The fourth-order valence-corrected chi connectivity index (χ4v) is 2.58. The molecule has 8 nitrogen and oxygen atoms in total. The number of nitrogens with zero attached hydrogens (tertiary/aromatic N) is 4. The lowest BCUT2D eigenvalue weighted by molar-refractivity contribution is 0.314. The van der Waals surface area contributed by atoms with E-state index in [0.29, 0.717) is 22.9 Å². The van der Waals surface area contributed by atoms with E-state index in [1.807, 2.05) is 26.0 Å². The van der Waals surface area contributed by atoms with Crippen molar-refractivity contribution >= 4 is 34.3 Å². The summed E-state index contributed by atoms with van der Waals surface area (Å²) in [5.41, 5.74) is 4.54. The molecule has 0 unspecified atom stereocenters. The third kappa shape index (κ3) is 3.12. The second kappa shape index (κ2) is 6.32. The Hall–Kier alpha value is -3.68. The normalized spacial score (nSPS) is 10.8. The van der Waals surface area contributed by atoms with Crippen molar-refractivity contribution in [1.82, 2.24) is 20.3 Å². The number of hydrogen-bond acceptors (Lipinski definition) is 8. The Labute approximate surface area is 148 Å². The van der Waals surface area contributed by atoms with Crippen LogP contribution in [0.2, 0.25) is 0 Å². The minimum atomic E-state index is 0.186. The summed E-state index contributed by atoms with van der Waals surface area (Å²) in [5.74, 6) is 1.15. The minimum Gasteiger partial charge on any atom is -0.508 e. The Kier molecular flexibility index (Phi) is 3.85. The molecule has 8 heteroatoms. The highest BCUT2D eigenvalue weighted by atomic mass is 16.6. The zero-order valence-electron chi connectivity index (χ0n) is 14.2. The van der Waals surface area contributed by atoms with Crippen LogP contribution >= 0.6 is 0 Å². The van der Waals surface area contributed by atoms with Crippen LogP contribution in [-0.4, -0.2) is 25.4 Å². The molecular weight excluding hydrogens is 332 g/mol. The van der Waals surface area contributed by atoms with Crippen LogP contribution < -0.4 is 10.6 Å². The van der Waals surface area contributed by atoms with Crippen LogP contribution in [0.15, 0.2) is 47.1 Å². The minimum absolute atomic E-state index is 0.186. The van der Waals surface area contributed by atoms with Gasteiger partial charge in [-0.2, -0.15) is 0 Å². The van der Waals surface area contributed by atoms with Crippen molar-refractivity contribution in [2.45, 2.75) is 13.8 Å². The van der Waals surface area contributed by atoms with Crippen molar-refractivity contribution in [2.75, 3.05) is 10.6 Å². The Morgan fingerprint density at radius 2 is 1.50 bits per heavy atom. The number of anilines is 4. The number of rotatable bonds is 4. The van der Waals surface area contributed by atoms with Crippen molar-refractivity contribution in [3.63, 3.8) is 0 Å². The summed E-state index contributed by atoms with van der Waals surface area (Å²) in [5, 5.41) is 23.4. The molecule has 26 heavy (non-hydrogen) atoms. The van der Waals surface area contributed by atoms with Crippen LogP contribution in [0.1, 0.15) is 11.1 Å². The summed E-state index contributed by atoms with van der Waals surface area (Å²) in [4.78, 5) is 8.89. The van der Waals surface area contributed by atoms with Crippen molar-refractivity contribution in [1.29, 1.82) is 0 Å². The molecule has 0 bridgehead atoms. The number of phenolic OH excluding ortho intramolecular Hbond substituents is 1. The van der Waals surface area contributed by atoms with Gasteiger partial charge in [0.2, 0.25) is 11.3 Å². The third-order valence-corrected chi connectivity index (χ3v) is 3.88. The summed E-state index contributed by atoms with van der Waals surface area (Å²) in [6.07, 6.45) is 0. The van der Waals surface area contributed by atoms with Gasteiger partial charge in [-0.1, -0.05) is 17.7 Å². The van der Waals surface area contributed by atoms with Gasteiger partial charge in [0.25, 0.3) is 0 Å². The third-order valence-electron chi connectivity index (χ3n) is 3.88. The molecule has 0 saturated carbocycles. The molecule has 0 saturated heterocycles. The van der Waals surface area contributed by atoms with Crippen LogP contribution in [0.25, 0.3) is 11.3 Å². The quantitative estimate of drug-likeness (QED) is 0.478. The van der Waals surface area contributed by atoms with E-state index in [9.17, 15) is 5.11 Å². The average molecular weight is 348 g/mol. The number of nitrogens with one attached hydrogen (secondary N) is 2. The highest BCUT2D eigenvalue weighted by molar-refractivity contribution is 5.79. The van der Waals surface area contributed by atoms with Gasteiger partial charge in [0.15, 0.2) is 11.6 Å². The van der Waals surface area contributed by atoms with Gasteiger partial charge < -0.3 is 15.7 Å². The number of aryl methyl sites for hydroxylation is 2. The number of phenols is 1. The lowest BCUT2D eigenvalue weighted by Gasteiger charge is -2.13. The van der Waals surface area contributed by atoms with Gasteiger partial charge in [-0.25, -0.2) is 14.6 Å². The lowest BCUT2D eigenvalue weighted by atomic mass is 10.1. The van der Waals surface area contributed by atoms with Crippen molar-refractivity contribution < 1.29 is 9.74 Å². The Balaban J connectivity index is 1.75. The molecule has 2 heterocycles. The second-order valence-electron chi connectivity index (χ2n) is 5.95. The van der Waals surface area contributed by atoms with E-state index in [0.717, 1.165) is 16.9 Å². The fourth-order valence-electron chi connectivity index (χ4n) is 2.58. The number of benzene rings is 2. The highest BCUT2D eigenvalue weighted by Gasteiger charge is 2.14. The van der Waals surface area contributed by atoms with E-state index in [4.69, 9.17) is 4.63 Å². The number of aromatic nitrogens is 4. The monoisotopic (exact) mass is 348 g/mol. The second-order valence-corrected chi connectivity index (χ2v) is 5.95. The molecule has 0 aliphatic carbocycles. The van der Waals surface area contributed by atoms with E-state index in [2.05, 4.69) is 37.0 Å². The van der Waals surface area contributed by atoms with Gasteiger partial charge in [-0.3, -0.25) is 0 Å². The molecule has 0 spiro atoms. The fraction of sp³-hybridized carbons (Fsp3) is 0.111. The van der Waals surface area contributed by atoms with Gasteiger partial charge in [0, 0.05) is 11.4 Å². The van der Waals surface area contributed by atoms with Crippen molar-refractivity contribution in [3.05, 3.63) is 53.6 Å². The molecule has 0 atom stereocenters. The summed E-state index contributed by atoms with van der Waals surface area (Å²) >= 11 is 0. The smallest absolute Gasteiger partial charge is 0.245 e. The first-order chi connectivity index (χ1) is 12.6. The summed E-state index contributed by atoms with van der Waals surface area (Å²) < 4.78 is 4.72. The molecule has 3 N–H and O–H groups in total. The maximum Gasteiger partial charge on any atom is 0.245 e. The first-order valence-corrected chi connectivity index (χ1v) is 7.99. The maximum atomic E-state index is 9.44. The maximum absolute atomic E-state index is 9.44. The molecular formula is C18H16N6O2. The van der Waals surface area contributed by atoms with Crippen LogP contribution in [0.4, 0.5) is 23.0 Å². The van der Waals surface area contributed by atoms with Gasteiger partial charge in [0.1, 0.15) is 5.75 Å². The molecule has 0 radical (unpaired) electrons. The Morgan fingerprint density at radius 3 is 2.15 bits per heavy atom. The van der Waals surface area contributed by atoms with Crippen LogP contribution in [0, 0.1) is 13.8 Å². The van der Waals surface area contributed by atoms with Crippen molar-refractivity contribution in [2.24, 2.45) is 0 Å². The van der Waals surface area contributed by atoms with Crippen molar-refractivity contribution in [3.8, 4) is 5.75 Å². The molecule has 130 valence electrons. The predicted molar refractivity (Wildman–Crippen MR) is 98.0 cm³/mol. The first-order valence-electron chi connectivity index (χ1n) is 7.99. The van der Waals surface area contributed by atoms with E-state index in [1.54, 1.807) is 24.3 Å². The predicted octanol–water partition coefficient (Wildman–Crippen LogP) is 3.82. The standard InChI is InChI=1S/C18H16N6O2/c1-10-3-8-14(11(2)9-10)20-16-15(19-12-4-6-13(25)7-5-12)21-17-18(22-16)24-26-23-17/h3-9,25H,1-2H3,(H,19,21,23)(H,20,22,24).